The van der Waals surface area contributed by atoms with Crippen LogP contribution in [-0.2, 0) is 14.3 Å². The molecule has 8 nitrogen and oxygen atoms in total. The van der Waals surface area contributed by atoms with E-state index in [0.717, 1.165) is 19.3 Å². The molecule has 2 atom stereocenters. The number of nitrogens with one attached hydrogen (secondary N) is 2. The SMILES string of the molecule is CCCCCNC(=O)C(c1cccc(O)c1)N(C(=O)C(CS)NC(=O)OC(C)(C)C)C(C)(C)CC. The second kappa shape index (κ2) is 13.6. The molecule has 0 heterocycles. The largest absolute Gasteiger partial charge is 0.508 e. The predicted octanol–water partition coefficient (Wildman–Crippen LogP) is 4.58. The lowest BCUT2D eigenvalue weighted by atomic mass is 9.92. The first kappa shape index (κ1) is 30.6. The second-order valence-electron chi connectivity index (χ2n) is 10.3. The molecule has 1 aromatic carbocycles. The average molecular weight is 510 g/mol. The van der Waals surface area contributed by atoms with Crippen LogP contribution in [0.3, 0.4) is 0 Å². The van der Waals surface area contributed by atoms with Gasteiger partial charge in [0.1, 0.15) is 23.4 Å². The Kier molecular flexibility index (Phi) is 11.9. The third-order valence-electron chi connectivity index (χ3n) is 5.70. The van der Waals surface area contributed by atoms with Crippen molar-refractivity contribution in [1.29, 1.82) is 0 Å². The van der Waals surface area contributed by atoms with Crippen molar-refractivity contribution in [3.05, 3.63) is 29.8 Å². The number of hydrogen-bond donors (Lipinski definition) is 4. The van der Waals surface area contributed by atoms with Gasteiger partial charge in [0.15, 0.2) is 0 Å². The van der Waals surface area contributed by atoms with Gasteiger partial charge in [0.05, 0.1) is 0 Å². The van der Waals surface area contributed by atoms with Gasteiger partial charge in [0.2, 0.25) is 11.8 Å². The Morgan fingerprint density at radius 1 is 1.11 bits per heavy atom. The maximum Gasteiger partial charge on any atom is 0.408 e. The molecule has 1 rings (SSSR count). The van der Waals surface area contributed by atoms with Crippen molar-refractivity contribution in [2.24, 2.45) is 0 Å². The standard InChI is InChI=1S/C26H43N3O5S/c1-8-10-11-15-27-22(31)21(18-13-12-14-19(30)16-18)29(26(6,7)9-2)23(32)20(17-35)28-24(33)34-25(3,4)5/h12-14,16,20-21,30,35H,8-11,15,17H2,1-7H3,(H,27,31)(H,28,33). The van der Waals surface area contributed by atoms with Gasteiger partial charge in [-0.1, -0.05) is 38.8 Å². The molecule has 0 aliphatic heterocycles. The maximum absolute atomic E-state index is 13.9. The van der Waals surface area contributed by atoms with Crippen molar-refractivity contribution in [2.75, 3.05) is 12.3 Å². The number of rotatable bonds is 12. The van der Waals surface area contributed by atoms with E-state index in [1.165, 1.54) is 17.0 Å². The minimum Gasteiger partial charge on any atom is -0.508 e. The van der Waals surface area contributed by atoms with Crippen LogP contribution in [0.5, 0.6) is 5.75 Å². The van der Waals surface area contributed by atoms with Crippen LogP contribution < -0.4 is 10.6 Å². The first-order valence-corrected chi connectivity index (χ1v) is 12.9. The number of amides is 3. The number of phenols is 1. The van der Waals surface area contributed by atoms with Crippen LogP contribution in [0.1, 0.15) is 85.8 Å². The number of unbranched alkanes of at least 4 members (excludes halogenated alkanes) is 2. The molecule has 1 aromatic rings. The molecule has 2 unspecified atom stereocenters. The monoisotopic (exact) mass is 509 g/mol. The molecule has 198 valence electrons. The van der Waals surface area contributed by atoms with Gasteiger partial charge in [-0.2, -0.15) is 12.6 Å². The van der Waals surface area contributed by atoms with Gasteiger partial charge < -0.3 is 25.4 Å². The minimum atomic E-state index is -1.02. The van der Waals surface area contributed by atoms with E-state index in [9.17, 15) is 19.5 Å². The topological polar surface area (TPSA) is 108 Å². The zero-order valence-corrected chi connectivity index (χ0v) is 23.1. The van der Waals surface area contributed by atoms with Crippen molar-refractivity contribution >= 4 is 30.5 Å². The lowest BCUT2D eigenvalue weighted by Gasteiger charge is -2.44. The number of ether oxygens (including phenoxy) is 1. The van der Waals surface area contributed by atoms with E-state index in [1.54, 1.807) is 32.9 Å². The predicted molar refractivity (Wildman–Crippen MR) is 142 cm³/mol. The Balaban J connectivity index is 3.45. The Hall–Kier alpha value is -2.42. The number of aromatic hydroxyl groups is 1. The summed E-state index contributed by atoms with van der Waals surface area (Å²) in [6.45, 7) is 13.4. The molecule has 0 bridgehead atoms. The summed E-state index contributed by atoms with van der Waals surface area (Å²) in [5.74, 6) is -0.809. The van der Waals surface area contributed by atoms with E-state index in [0.29, 0.717) is 18.5 Å². The molecule has 0 saturated carbocycles. The summed E-state index contributed by atoms with van der Waals surface area (Å²) < 4.78 is 5.33. The summed E-state index contributed by atoms with van der Waals surface area (Å²) in [4.78, 5) is 41.4. The molecule has 0 aromatic heterocycles. The minimum absolute atomic E-state index is 0.00869. The summed E-state index contributed by atoms with van der Waals surface area (Å²) >= 11 is 4.31. The lowest BCUT2D eigenvalue weighted by Crippen LogP contribution is -2.60. The van der Waals surface area contributed by atoms with E-state index in [4.69, 9.17) is 4.74 Å². The lowest BCUT2D eigenvalue weighted by molar-refractivity contribution is -0.148. The molecule has 0 fully saturated rings. The van der Waals surface area contributed by atoms with Crippen molar-refractivity contribution in [2.45, 2.75) is 97.4 Å². The third-order valence-corrected chi connectivity index (χ3v) is 6.06. The fourth-order valence-corrected chi connectivity index (χ4v) is 3.79. The van der Waals surface area contributed by atoms with Gasteiger partial charge in [0, 0.05) is 17.8 Å². The Bertz CT molecular complexity index is 854. The molecule has 0 saturated heterocycles. The molecular formula is C26H43N3O5S. The highest BCUT2D eigenvalue weighted by molar-refractivity contribution is 7.80. The summed E-state index contributed by atoms with van der Waals surface area (Å²) in [5, 5.41) is 15.7. The first-order chi connectivity index (χ1) is 16.3. The van der Waals surface area contributed by atoms with Crippen LogP contribution in [0.15, 0.2) is 24.3 Å². The summed E-state index contributed by atoms with van der Waals surface area (Å²) in [5.41, 5.74) is -1.02. The highest BCUT2D eigenvalue weighted by Crippen LogP contribution is 2.33. The second-order valence-corrected chi connectivity index (χ2v) is 10.6. The first-order valence-electron chi connectivity index (χ1n) is 12.3. The van der Waals surface area contributed by atoms with Gasteiger partial charge in [-0.3, -0.25) is 9.59 Å². The van der Waals surface area contributed by atoms with Crippen LogP contribution in [0, 0.1) is 0 Å². The third kappa shape index (κ3) is 9.63. The number of carbonyl (C=O) groups excluding carboxylic acids is 3. The Labute approximate surface area is 215 Å². The van der Waals surface area contributed by atoms with Gasteiger partial charge >= 0.3 is 6.09 Å². The van der Waals surface area contributed by atoms with E-state index in [-0.39, 0.29) is 17.4 Å². The van der Waals surface area contributed by atoms with Crippen LogP contribution in [0.2, 0.25) is 0 Å². The van der Waals surface area contributed by atoms with Crippen molar-refractivity contribution in [3.8, 4) is 5.75 Å². The highest BCUT2D eigenvalue weighted by atomic mass is 32.1. The summed E-state index contributed by atoms with van der Waals surface area (Å²) in [6.07, 6.45) is 2.61. The Morgan fingerprint density at radius 2 is 1.77 bits per heavy atom. The van der Waals surface area contributed by atoms with Gasteiger partial charge in [-0.15, -0.1) is 0 Å². The fourth-order valence-electron chi connectivity index (χ4n) is 3.54. The quantitative estimate of drug-likeness (QED) is 0.244. The molecule has 9 heteroatoms. The molecule has 0 radical (unpaired) electrons. The molecule has 0 aliphatic carbocycles. The number of hydrogen-bond acceptors (Lipinski definition) is 6. The van der Waals surface area contributed by atoms with E-state index in [2.05, 4.69) is 30.2 Å². The normalized spacial score (nSPS) is 13.5. The zero-order chi connectivity index (χ0) is 26.8. The van der Waals surface area contributed by atoms with E-state index >= 15 is 0 Å². The molecule has 0 spiro atoms. The number of phenolic OH excluding ortho intramolecular Hbond substituents is 1. The van der Waals surface area contributed by atoms with Gasteiger partial charge in [-0.05, 0) is 65.2 Å². The highest BCUT2D eigenvalue weighted by Gasteiger charge is 2.42. The number of benzene rings is 1. The number of alkyl carbamates (subject to hydrolysis) is 1. The maximum atomic E-state index is 13.9. The smallest absolute Gasteiger partial charge is 0.408 e. The van der Waals surface area contributed by atoms with Crippen molar-refractivity contribution < 1.29 is 24.2 Å². The Morgan fingerprint density at radius 3 is 2.29 bits per heavy atom. The number of thiol groups is 1. The van der Waals surface area contributed by atoms with Gasteiger partial charge in [0.25, 0.3) is 0 Å². The average Bonchev–Trinajstić information content (AvgIpc) is 2.76. The fraction of sp³-hybridized carbons (Fsp3) is 0.654. The van der Waals surface area contributed by atoms with Crippen LogP contribution in [-0.4, -0.2) is 57.4 Å². The van der Waals surface area contributed by atoms with Crippen LogP contribution >= 0.6 is 12.6 Å². The number of nitrogens with zero attached hydrogens (tertiary/aromatic N) is 1. The molecule has 35 heavy (non-hydrogen) atoms. The summed E-state index contributed by atoms with van der Waals surface area (Å²) in [7, 11) is 0. The van der Waals surface area contributed by atoms with E-state index in [1.807, 2.05) is 20.8 Å². The van der Waals surface area contributed by atoms with Crippen molar-refractivity contribution in [3.63, 3.8) is 0 Å². The van der Waals surface area contributed by atoms with Crippen molar-refractivity contribution in [1.82, 2.24) is 15.5 Å². The van der Waals surface area contributed by atoms with Crippen LogP contribution in [0.4, 0.5) is 4.79 Å². The van der Waals surface area contributed by atoms with Gasteiger partial charge in [-0.25, -0.2) is 4.79 Å². The zero-order valence-electron chi connectivity index (χ0n) is 22.2. The molecule has 0 aliphatic rings. The molecule has 3 N–H and O–H groups in total. The van der Waals surface area contributed by atoms with Crippen LogP contribution in [0.25, 0.3) is 0 Å². The molecule has 3 amide bonds. The summed E-state index contributed by atoms with van der Waals surface area (Å²) in [6, 6.07) is 4.30. The number of carbonyl (C=O) groups is 3. The van der Waals surface area contributed by atoms with E-state index < -0.39 is 35.2 Å². The molecular weight excluding hydrogens is 466 g/mol.